The Labute approximate surface area is 76.8 Å². The molecule has 0 rings (SSSR count). The van der Waals surface area contributed by atoms with Crippen molar-refractivity contribution in [3.05, 3.63) is 12.2 Å². The smallest absolute Gasteiger partial charge is 0.338 e. The Morgan fingerprint density at radius 3 is 2.00 bits per heavy atom. The van der Waals surface area contributed by atoms with E-state index in [-0.39, 0.29) is 0 Å². The molecule has 72 valence electrons. The monoisotopic (exact) mass is 188 g/mol. The van der Waals surface area contributed by atoms with Gasteiger partial charge >= 0.3 is 8.56 Å². The Kier molecular flexibility index (Phi) is 6.33. The molecule has 0 aliphatic heterocycles. The third-order valence-electron chi connectivity index (χ3n) is 1.62. The second-order valence-corrected chi connectivity index (χ2v) is 6.03. The minimum Gasteiger partial charge on any atom is -0.394 e. The van der Waals surface area contributed by atoms with Gasteiger partial charge in [0.1, 0.15) is 0 Å². The zero-order chi connectivity index (χ0) is 9.45. The molecule has 0 fully saturated rings. The van der Waals surface area contributed by atoms with E-state index in [9.17, 15) is 0 Å². The Morgan fingerprint density at radius 2 is 1.67 bits per heavy atom. The predicted molar refractivity (Wildman–Crippen MR) is 54.5 cm³/mol. The minimum atomic E-state index is -1.86. The molecule has 0 heterocycles. The standard InChI is InChI=1S/C9H20O2Si/c1-5-8-9-12(4,10-6-2)11-7-3/h5,8H,6-7,9H2,1-4H3. The van der Waals surface area contributed by atoms with Crippen molar-refractivity contribution >= 4 is 8.56 Å². The molecule has 3 heteroatoms. The van der Waals surface area contributed by atoms with Crippen LogP contribution in [0.25, 0.3) is 0 Å². The van der Waals surface area contributed by atoms with Gasteiger partial charge in [-0.3, -0.25) is 0 Å². The van der Waals surface area contributed by atoms with Crippen LogP contribution in [0.15, 0.2) is 12.2 Å². The van der Waals surface area contributed by atoms with Gasteiger partial charge in [-0.2, -0.15) is 0 Å². The molecule has 0 unspecified atom stereocenters. The summed E-state index contributed by atoms with van der Waals surface area (Å²) in [6.45, 7) is 9.66. The molecule has 0 aliphatic carbocycles. The largest absolute Gasteiger partial charge is 0.394 e. The number of rotatable bonds is 6. The first-order chi connectivity index (χ1) is 5.68. The van der Waals surface area contributed by atoms with Gasteiger partial charge in [0.2, 0.25) is 0 Å². The van der Waals surface area contributed by atoms with E-state index in [1.54, 1.807) is 0 Å². The summed E-state index contributed by atoms with van der Waals surface area (Å²) < 4.78 is 11.3. The van der Waals surface area contributed by atoms with Crippen LogP contribution in [0, 0.1) is 0 Å². The molecule has 0 saturated carbocycles. The first kappa shape index (κ1) is 11.9. The quantitative estimate of drug-likeness (QED) is 0.471. The van der Waals surface area contributed by atoms with E-state index in [0.717, 1.165) is 19.3 Å². The maximum absolute atomic E-state index is 5.64. The third-order valence-corrected chi connectivity index (χ3v) is 4.40. The fraction of sp³-hybridized carbons (Fsp3) is 0.778. The average molecular weight is 188 g/mol. The summed E-state index contributed by atoms with van der Waals surface area (Å²) in [7, 11) is -1.86. The highest BCUT2D eigenvalue weighted by Gasteiger charge is 2.28. The lowest BCUT2D eigenvalue weighted by Crippen LogP contribution is -2.38. The van der Waals surface area contributed by atoms with Gasteiger partial charge in [-0.15, -0.1) is 0 Å². The summed E-state index contributed by atoms with van der Waals surface area (Å²) in [6, 6.07) is 0.950. The molecule has 0 bridgehead atoms. The van der Waals surface area contributed by atoms with Crippen LogP contribution >= 0.6 is 0 Å². The van der Waals surface area contributed by atoms with Crippen LogP contribution in [-0.4, -0.2) is 21.8 Å². The van der Waals surface area contributed by atoms with Gasteiger partial charge in [0.05, 0.1) is 0 Å². The first-order valence-corrected chi connectivity index (χ1v) is 7.10. The molecule has 0 atom stereocenters. The van der Waals surface area contributed by atoms with Gasteiger partial charge in [0, 0.05) is 19.3 Å². The van der Waals surface area contributed by atoms with Crippen molar-refractivity contribution in [1.29, 1.82) is 0 Å². The SMILES string of the molecule is CC=CC[Si](C)(OCC)OCC. The van der Waals surface area contributed by atoms with E-state index in [0.29, 0.717) is 0 Å². The van der Waals surface area contributed by atoms with Gasteiger partial charge in [0.25, 0.3) is 0 Å². The van der Waals surface area contributed by atoms with Gasteiger partial charge in [-0.25, -0.2) is 0 Å². The van der Waals surface area contributed by atoms with Gasteiger partial charge < -0.3 is 8.85 Å². The van der Waals surface area contributed by atoms with Crippen molar-refractivity contribution in [2.45, 2.75) is 33.4 Å². The highest BCUT2D eigenvalue weighted by molar-refractivity contribution is 6.66. The lowest BCUT2D eigenvalue weighted by Gasteiger charge is -2.24. The molecule has 0 amide bonds. The first-order valence-electron chi connectivity index (χ1n) is 4.57. The van der Waals surface area contributed by atoms with E-state index in [1.165, 1.54) is 0 Å². The fourth-order valence-electron chi connectivity index (χ4n) is 1.10. The van der Waals surface area contributed by atoms with Crippen LogP contribution in [0.5, 0.6) is 0 Å². The Bertz CT molecular complexity index is 128. The average Bonchev–Trinajstić information content (AvgIpc) is 2.02. The van der Waals surface area contributed by atoms with E-state index < -0.39 is 8.56 Å². The summed E-state index contributed by atoms with van der Waals surface area (Å²) in [5.41, 5.74) is 0. The van der Waals surface area contributed by atoms with E-state index in [2.05, 4.69) is 12.6 Å². The van der Waals surface area contributed by atoms with E-state index >= 15 is 0 Å². The molecule has 0 aromatic carbocycles. The second kappa shape index (κ2) is 6.40. The Balaban J connectivity index is 3.97. The van der Waals surface area contributed by atoms with Crippen molar-refractivity contribution in [2.75, 3.05) is 13.2 Å². The van der Waals surface area contributed by atoms with Crippen molar-refractivity contribution in [3.63, 3.8) is 0 Å². The Hall–Kier alpha value is -0.123. The molecular formula is C9H20O2Si. The molecule has 0 spiro atoms. The number of allylic oxidation sites excluding steroid dienone is 2. The molecule has 0 saturated heterocycles. The number of hydrogen-bond acceptors (Lipinski definition) is 2. The molecule has 0 aromatic rings. The van der Waals surface area contributed by atoms with Crippen LogP contribution in [0.4, 0.5) is 0 Å². The fourth-order valence-corrected chi connectivity index (χ4v) is 3.31. The van der Waals surface area contributed by atoms with Crippen molar-refractivity contribution in [2.24, 2.45) is 0 Å². The number of hydrogen-bond donors (Lipinski definition) is 0. The summed E-state index contributed by atoms with van der Waals surface area (Å²) >= 11 is 0. The van der Waals surface area contributed by atoms with E-state index in [4.69, 9.17) is 8.85 Å². The highest BCUT2D eigenvalue weighted by Crippen LogP contribution is 2.13. The van der Waals surface area contributed by atoms with Gasteiger partial charge in [-0.05, 0) is 27.3 Å². The third kappa shape index (κ3) is 4.69. The predicted octanol–water partition coefficient (Wildman–Crippen LogP) is 2.71. The van der Waals surface area contributed by atoms with Crippen LogP contribution in [0.1, 0.15) is 20.8 Å². The maximum atomic E-state index is 5.64. The molecule has 0 aromatic heterocycles. The summed E-state index contributed by atoms with van der Waals surface area (Å²) in [5, 5.41) is 0. The summed E-state index contributed by atoms with van der Waals surface area (Å²) in [6.07, 6.45) is 4.17. The van der Waals surface area contributed by atoms with Crippen molar-refractivity contribution in [1.82, 2.24) is 0 Å². The Morgan fingerprint density at radius 1 is 1.17 bits per heavy atom. The van der Waals surface area contributed by atoms with Crippen molar-refractivity contribution < 1.29 is 8.85 Å². The molecule has 12 heavy (non-hydrogen) atoms. The van der Waals surface area contributed by atoms with E-state index in [1.807, 2.05) is 26.8 Å². The minimum absolute atomic E-state index is 0.750. The highest BCUT2D eigenvalue weighted by atomic mass is 28.4. The summed E-state index contributed by atoms with van der Waals surface area (Å²) in [4.78, 5) is 0. The molecule has 0 N–H and O–H groups in total. The van der Waals surface area contributed by atoms with Gasteiger partial charge in [-0.1, -0.05) is 12.2 Å². The zero-order valence-electron chi connectivity index (χ0n) is 8.59. The maximum Gasteiger partial charge on any atom is 0.338 e. The normalized spacial score (nSPS) is 12.7. The lowest BCUT2D eigenvalue weighted by molar-refractivity contribution is 0.192. The zero-order valence-corrected chi connectivity index (χ0v) is 9.59. The van der Waals surface area contributed by atoms with Crippen LogP contribution in [-0.2, 0) is 8.85 Å². The van der Waals surface area contributed by atoms with Crippen LogP contribution < -0.4 is 0 Å². The van der Waals surface area contributed by atoms with Gasteiger partial charge in [0.15, 0.2) is 0 Å². The molecule has 0 aliphatic rings. The van der Waals surface area contributed by atoms with Crippen LogP contribution in [0.3, 0.4) is 0 Å². The van der Waals surface area contributed by atoms with Crippen LogP contribution in [0.2, 0.25) is 12.6 Å². The van der Waals surface area contributed by atoms with Crippen molar-refractivity contribution in [3.8, 4) is 0 Å². The second-order valence-electron chi connectivity index (χ2n) is 2.77. The molecular weight excluding hydrogens is 168 g/mol. The molecule has 0 radical (unpaired) electrons. The molecule has 2 nitrogen and oxygen atoms in total. The lowest BCUT2D eigenvalue weighted by atomic mass is 10.6. The topological polar surface area (TPSA) is 18.5 Å². The summed E-state index contributed by atoms with van der Waals surface area (Å²) in [5.74, 6) is 0.